The van der Waals surface area contributed by atoms with E-state index in [4.69, 9.17) is 0 Å². The molecule has 3 nitrogen and oxygen atoms in total. The van der Waals surface area contributed by atoms with Crippen LogP contribution in [0.4, 0.5) is 0 Å². The molecule has 0 saturated heterocycles. The molecule has 0 saturated carbocycles. The summed E-state index contributed by atoms with van der Waals surface area (Å²) in [6.45, 7) is 3.01. The van der Waals surface area contributed by atoms with Crippen molar-refractivity contribution in [2.75, 3.05) is 18.4 Å². The van der Waals surface area contributed by atoms with E-state index >= 15 is 0 Å². The van der Waals surface area contributed by atoms with Gasteiger partial charge in [-0.2, -0.15) is 4.31 Å². The zero-order valence-corrected chi connectivity index (χ0v) is 13.6. The van der Waals surface area contributed by atoms with Crippen molar-refractivity contribution in [1.29, 1.82) is 0 Å². The number of sulfonamides is 1. The van der Waals surface area contributed by atoms with Crippen LogP contribution in [0.1, 0.15) is 13.3 Å². The van der Waals surface area contributed by atoms with E-state index in [0.29, 0.717) is 23.3 Å². The summed E-state index contributed by atoms with van der Waals surface area (Å²) in [5, 5.41) is 0.642. The molecule has 0 heterocycles. The number of nitrogens with zero attached hydrogens (tertiary/aromatic N) is 1. The number of halogens is 2. The zero-order chi connectivity index (χ0) is 12.9. The molecule has 0 bridgehead atoms. The lowest BCUT2D eigenvalue weighted by Gasteiger charge is -2.20. The van der Waals surface area contributed by atoms with Crippen molar-refractivity contribution < 1.29 is 8.42 Å². The molecule has 96 valence electrons. The molecule has 0 aromatic heterocycles. The molecule has 0 aliphatic heterocycles. The van der Waals surface area contributed by atoms with Crippen LogP contribution in [0.15, 0.2) is 33.6 Å². The van der Waals surface area contributed by atoms with Gasteiger partial charge in [0, 0.05) is 22.9 Å². The largest absolute Gasteiger partial charge is 0.243 e. The van der Waals surface area contributed by atoms with Crippen LogP contribution in [0.2, 0.25) is 0 Å². The molecule has 0 aliphatic carbocycles. The van der Waals surface area contributed by atoms with E-state index in [1.807, 2.05) is 6.92 Å². The Morgan fingerprint density at radius 2 is 1.76 bits per heavy atom. The molecule has 1 aromatic carbocycles. The second-order valence-electron chi connectivity index (χ2n) is 3.55. The Morgan fingerprint density at radius 1 is 1.18 bits per heavy atom. The van der Waals surface area contributed by atoms with Crippen LogP contribution < -0.4 is 0 Å². The van der Waals surface area contributed by atoms with E-state index in [9.17, 15) is 8.42 Å². The predicted octanol–water partition coefficient (Wildman–Crippen LogP) is 3.24. The lowest BCUT2D eigenvalue weighted by molar-refractivity contribution is 0.430. The Kier molecular flexibility index (Phi) is 6.12. The van der Waals surface area contributed by atoms with Gasteiger partial charge in [-0.05, 0) is 30.7 Å². The maximum absolute atomic E-state index is 12.3. The smallest absolute Gasteiger partial charge is 0.207 e. The summed E-state index contributed by atoms with van der Waals surface area (Å²) in [4.78, 5) is 0.343. The summed E-state index contributed by atoms with van der Waals surface area (Å²) in [5.41, 5.74) is 0. The van der Waals surface area contributed by atoms with Crippen molar-refractivity contribution in [3.8, 4) is 0 Å². The van der Waals surface area contributed by atoms with Crippen molar-refractivity contribution in [3.05, 3.63) is 28.7 Å². The van der Waals surface area contributed by atoms with Gasteiger partial charge in [0.2, 0.25) is 10.0 Å². The van der Waals surface area contributed by atoms with E-state index in [1.54, 1.807) is 24.3 Å². The summed E-state index contributed by atoms with van der Waals surface area (Å²) in [6, 6.07) is 6.73. The topological polar surface area (TPSA) is 37.4 Å². The van der Waals surface area contributed by atoms with Crippen LogP contribution in [0.3, 0.4) is 0 Å². The number of rotatable bonds is 6. The minimum atomic E-state index is -3.36. The van der Waals surface area contributed by atoms with Crippen LogP contribution in [0, 0.1) is 0 Å². The molecule has 0 unspecified atom stereocenters. The van der Waals surface area contributed by atoms with Gasteiger partial charge < -0.3 is 0 Å². The minimum absolute atomic E-state index is 0.343. The normalized spacial score (nSPS) is 12.0. The van der Waals surface area contributed by atoms with Crippen LogP contribution in [-0.4, -0.2) is 31.1 Å². The Bertz CT molecular complexity index is 439. The van der Waals surface area contributed by atoms with Gasteiger partial charge in [0.05, 0.1) is 4.90 Å². The first-order valence-corrected chi connectivity index (χ1v) is 8.69. The number of benzene rings is 1. The quantitative estimate of drug-likeness (QED) is 0.706. The van der Waals surface area contributed by atoms with E-state index < -0.39 is 10.0 Å². The summed E-state index contributed by atoms with van der Waals surface area (Å²) in [6.07, 6.45) is 0.808. The van der Waals surface area contributed by atoms with Crippen molar-refractivity contribution >= 4 is 41.9 Å². The molecule has 0 fully saturated rings. The third-order valence-corrected chi connectivity index (χ3v) is 5.05. The van der Waals surface area contributed by atoms with E-state index in [2.05, 4.69) is 31.9 Å². The highest BCUT2D eigenvalue weighted by molar-refractivity contribution is 9.10. The Hall–Kier alpha value is 0.0900. The average molecular weight is 385 g/mol. The van der Waals surface area contributed by atoms with E-state index in [0.717, 1.165) is 10.9 Å². The molecular weight excluding hydrogens is 370 g/mol. The third-order valence-electron chi connectivity index (χ3n) is 2.26. The average Bonchev–Trinajstić information content (AvgIpc) is 2.29. The summed E-state index contributed by atoms with van der Waals surface area (Å²) in [7, 11) is -3.36. The van der Waals surface area contributed by atoms with Crippen molar-refractivity contribution in [1.82, 2.24) is 4.31 Å². The van der Waals surface area contributed by atoms with Gasteiger partial charge in [-0.15, -0.1) is 0 Å². The Balaban J connectivity index is 3.02. The number of alkyl halides is 1. The molecular formula is C11H15Br2NO2S. The van der Waals surface area contributed by atoms with Gasteiger partial charge in [-0.1, -0.05) is 38.8 Å². The first kappa shape index (κ1) is 15.1. The fourth-order valence-corrected chi connectivity index (χ4v) is 3.91. The first-order valence-electron chi connectivity index (χ1n) is 5.34. The van der Waals surface area contributed by atoms with Crippen LogP contribution in [0.25, 0.3) is 0 Å². The van der Waals surface area contributed by atoms with Crippen LogP contribution in [-0.2, 0) is 10.0 Å². The first-order chi connectivity index (χ1) is 8.02. The lowest BCUT2D eigenvalue weighted by Crippen LogP contribution is -2.33. The summed E-state index contributed by atoms with van der Waals surface area (Å²) < 4.78 is 27.0. The van der Waals surface area contributed by atoms with Gasteiger partial charge in [0.1, 0.15) is 0 Å². The second kappa shape index (κ2) is 6.87. The van der Waals surface area contributed by atoms with E-state index in [-0.39, 0.29) is 0 Å². The molecule has 0 spiro atoms. The zero-order valence-electron chi connectivity index (χ0n) is 9.57. The Morgan fingerprint density at radius 3 is 2.24 bits per heavy atom. The van der Waals surface area contributed by atoms with Gasteiger partial charge >= 0.3 is 0 Å². The predicted molar refractivity (Wildman–Crippen MR) is 77.0 cm³/mol. The molecule has 17 heavy (non-hydrogen) atoms. The standard InChI is InChI=1S/C11H15Br2NO2S/c1-2-8-14(9-7-12)17(15,16)11-5-3-10(13)4-6-11/h3-6H,2,7-9H2,1H3. The SMILES string of the molecule is CCCN(CCBr)S(=O)(=O)c1ccc(Br)cc1. The molecule has 0 amide bonds. The molecule has 1 aromatic rings. The molecule has 0 atom stereocenters. The minimum Gasteiger partial charge on any atom is -0.207 e. The molecule has 0 radical (unpaired) electrons. The number of hydrogen-bond acceptors (Lipinski definition) is 2. The van der Waals surface area contributed by atoms with Crippen molar-refractivity contribution in [2.45, 2.75) is 18.2 Å². The Labute approximate surface area is 120 Å². The van der Waals surface area contributed by atoms with Crippen LogP contribution in [0.5, 0.6) is 0 Å². The molecule has 0 N–H and O–H groups in total. The fourth-order valence-electron chi connectivity index (χ4n) is 1.45. The van der Waals surface area contributed by atoms with Gasteiger partial charge in [0.25, 0.3) is 0 Å². The fraction of sp³-hybridized carbons (Fsp3) is 0.455. The van der Waals surface area contributed by atoms with E-state index in [1.165, 1.54) is 4.31 Å². The highest BCUT2D eigenvalue weighted by Crippen LogP contribution is 2.19. The monoisotopic (exact) mass is 383 g/mol. The molecule has 0 aliphatic rings. The second-order valence-corrected chi connectivity index (χ2v) is 7.19. The van der Waals surface area contributed by atoms with Crippen molar-refractivity contribution in [3.63, 3.8) is 0 Å². The maximum atomic E-state index is 12.3. The van der Waals surface area contributed by atoms with Gasteiger partial charge in [0.15, 0.2) is 0 Å². The van der Waals surface area contributed by atoms with Gasteiger partial charge in [-0.25, -0.2) is 8.42 Å². The molecule has 1 rings (SSSR count). The summed E-state index contributed by atoms with van der Waals surface area (Å²) >= 11 is 6.58. The highest BCUT2D eigenvalue weighted by Gasteiger charge is 2.22. The van der Waals surface area contributed by atoms with Crippen LogP contribution >= 0.6 is 31.9 Å². The summed E-state index contributed by atoms with van der Waals surface area (Å²) in [5.74, 6) is 0. The maximum Gasteiger partial charge on any atom is 0.243 e. The van der Waals surface area contributed by atoms with Crippen molar-refractivity contribution in [2.24, 2.45) is 0 Å². The highest BCUT2D eigenvalue weighted by atomic mass is 79.9. The number of hydrogen-bond donors (Lipinski definition) is 0. The lowest BCUT2D eigenvalue weighted by atomic mass is 10.4. The third kappa shape index (κ3) is 4.05. The molecule has 6 heteroatoms. The van der Waals surface area contributed by atoms with Gasteiger partial charge in [-0.3, -0.25) is 0 Å².